The molecule has 0 atom stereocenters. The zero-order valence-corrected chi connectivity index (χ0v) is 17.2. The van der Waals surface area contributed by atoms with Crippen LogP contribution in [0.1, 0.15) is 30.3 Å². The van der Waals surface area contributed by atoms with Gasteiger partial charge in [0.1, 0.15) is 0 Å². The smallest absolute Gasteiger partial charge is 0.212 e. The van der Waals surface area contributed by atoms with Crippen LogP contribution in [-0.2, 0) is 12.2 Å². The molecule has 6 nitrogen and oxygen atoms in total. The topological polar surface area (TPSA) is 72.5 Å². The molecule has 0 bridgehead atoms. The molecule has 0 amide bonds. The summed E-state index contributed by atoms with van der Waals surface area (Å²) in [5.74, 6) is 2.03. The lowest BCUT2D eigenvalue weighted by atomic mass is 10.2. The summed E-state index contributed by atoms with van der Waals surface area (Å²) in [7, 11) is 1.52. The van der Waals surface area contributed by atoms with Crippen molar-refractivity contribution in [2.24, 2.45) is 5.10 Å². The molecule has 3 aromatic rings. The third-order valence-electron chi connectivity index (χ3n) is 3.96. The van der Waals surface area contributed by atoms with Gasteiger partial charge in [-0.15, -0.1) is 10.2 Å². The Bertz CT molecular complexity index is 957. The highest BCUT2D eigenvalue weighted by Gasteiger charge is 2.12. The summed E-state index contributed by atoms with van der Waals surface area (Å²) >= 11 is 7.50. The van der Waals surface area contributed by atoms with Gasteiger partial charge in [-0.05, 0) is 47.9 Å². The number of rotatable bonds is 8. The van der Waals surface area contributed by atoms with E-state index in [0.29, 0.717) is 10.9 Å². The summed E-state index contributed by atoms with van der Waals surface area (Å²) in [5, 5.41) is 24.5. The molecular formula is C20H21ClN4O2S. The molecule has 3 rings (SSSR count). The van der Waals surface area contributed by atoms with Crippen LogP contribution in [0.25, 0.3) is 0 Å². The molecule has 0 aliphatic carbocycles. The summed E-state index contributed by atoms with van der Waals surface area (Å²) in [5.41, 5.74) is 1.90. The second-order valence-electron chi connectivity index (χ2n) is 6.05. The highest BCUT2D eigenvalue weighted by atomic mass is 35.5. The summed E-state index contributed by atoms with van der Waals surface area (Å²) < 4.78 is 6.83. The molecule has 0 spiro atoms. The first-order chi connectivity index (χ1) is 13.6. The molecule has 2 aromatic carbocycles. The van der Waals surface area contributed by atoms with Crippen molar-refractivity contribution in [1.82, 2.24) is 14.9 Å². The highest BCUT2D eigenvalue weighted by Crippen LogP contribution is 2.26. The van der Waals surface area contributed by atoms with Crippen molar-refractivity contribution in [3.05, 3.63) is 64.4 Å². The highest BCUT2D eigenvalue weighted by molar-refractivity contribution is 7.98. The lowest BCUT2D eigenvalue weighted by Crippen LogP contribution is -2.00. The van der Waals surface area contributed by atoms with E-state index in [4.69, 9.17) is 16.3 Å². The molecular weight excluding hydrogens is 396 g/mol. The maximum absolute atomic E-state index is 9.94. The molecule has 0 saturated heterocycles. The summed E-state index contributed by atoms with van der Waals surface area (Å²) in [4.78, 5) is 0. The minimum Gasteiger partial charge on any atom is -0.504 e. The molecule has 0 unspecified atom stereocenters. The number of phenols is 1. The van der Waals surface area contributed by atoms with Gasteiger partial charge < -0.3 is 9.84 Å². The van der Waals surface area contributed by atoms with Gasteiger partial charge in [0.25, 0.3) is 0 Å². The fourth-order valence-corrected chi connectivity index (χ4v) is 3.51. The number of hydrogen-bond acceptors (Lipinski definition) is 6. The largest absolute Gasteiger partial charge is 0.504 e. The second-order valence-corrected chi connectivity index (χ2v) is 7.43. The average molecular weight is 417 g/mol. The Kier molecular flexibility index (Phi) is 6.95. The molecule has 146 valence electrons. The van der Waals surface area contributed by atoms with Crippen molar-refractivity contribution in [3.63, 3.8) is 0 Å². The van der Waals surface area contributed by atoms with Crippen LogP contribution in [-0.4, -0.2) is 33.3 Å². The van der Waals surface area contributed by atoms with E-state index in [0.717, 1.165) is 40.6 Å². The fourth-order valence-electron chi connectivity index (χ4n) is 2.52. The minimum absolute atomic E-state index is 0.0707. The zero-order chi connectivity index (χ0) is 19.9. The Labute approximate surface area is 173 Å². The number of nitrogens with zero attached hydrogens (tertiary/aromatic N) is 4. The van der Waals surface area contributed by atoms with Crippen LogP contribution in [0, 0.1) is 0 Å². The molecule has 1 aromatic heterocycles. The number of aryl methyl sites for hydroxylation is 1. The van der Waals surface area contributed by atoms with E-state index in [1.807, 2.05) is 30.3 Å². The van der Waals surface area contributed by atoms with Crippen molar-refractivity contribution in [2.45, 2.75) is 30.7 Å². The number of methoxy groups -OCH3 is 1. The van der Waals surface area contributed by atoms with E-state index in [1.165, 1.54) is 7.11 Å². The van der Waals surface area contributed by atoms with Crippen molar-refractivity contribution in [3.8, 4) is 11.5 Å². The van der Waals surface area contributed by atoms with Gasteiger partial charge in [-0.1, -0.05) is 42.4 Å². The van der Waals surface area contributed by atoms with E-state index < -0.39 is 0 Å². The summed E-state index contributed by atoms with van der Waals surface area (Å²) in [6, 6.07) is 12.9. The number of aromatic hydroxyl groups is 1. The van der Waals surface area contributed by atoms with E-state index >= 15 is 0 Å². The zero-order valence-electron chi connectivity index (χ0n) is 15.7. The van der Waals surface area contributed by atoms with Crippen molar-refractivity contribution >= 4 is 29.6 Å². The van der Waals surface area contributed by atoms with Crippen molar-refractivity contribution < 1.29 is 9.84 Å². The molecule has 0 fully saturated rings. The van der Waals surface area contributed by atoms with E-state index in [2.05, 4.69) is 22.2 Å². The number of hydrogen-bond donors (Lipinski definition) is 1. The quantitative estimate of drug-likeness (QED) is 0.423. The predicted molar refractivity (Wildman–Crippen MR) is 113 cm³/mol. The van der Waals surface area contributed by atoms with Gasteiger partial charge in [0.2, 0.25) is 5.16 Å². The lowest BCUT2D eigenvalue weighted by molar-refractivity contribution is 0.373. The number of thioether (sulfide) groups is 1. The second kappa shape index (κ2) is 9.61. The Morgan fingerprint density at radius 3 is 2.68 bits per heavy atom. The van der Waals surface area contributed by atoms with E-state index in [9.17, 15) is 5.11 Å². The number of benzene rings is 2. The van der Waals surface area contributed by atoms with Crippen LogP contribution >= 0.6 is 23.4 Å². The van der Waals surface area contributed by atoms with Crippen molar-refractivity contribution in [2.75, 3.05) is 7.11 Å². The van der Waals surface area contributed by atoms with Crippen molar-refractivity contribution in [1.29, 1.82) is 0 Å². The third kappa shape index (κ3) is 5.05. The average Bonchev–Trinajstić information content (AvgIpc) is 3.08. The Hall–Kier alpha value is -2.51. The van der Waals surface area contributed by atoms with Crippen LogP contribution in [0.5, 0.6) is 11.5 Å². The van der Waals surface area contributed by atoms with Crippen LogP contribution in [0.3, 0.4) is 0 Å². The molecule has 1 N–H and O–H groups in total. The number of ether oxygens (including phenoxy) is 1. The standard InChI is InChI=1S/C20H21ClN4O2S/c1-3-4-19-23-24-20(28-13-14-5-8-16(21)9-6-14)25(19)22-12-15-7-10-18(27-2)17(26)11-15/h5-12,26H,3-4,13H2,1-2H3/b22-12-. The van der Waals surface area contributed by atoms with E-state index in [1.54, 1.807) is 34.8 Å². The Balaban J connectivity index is 1.80. The third-order valence-corrected chi connectivity index (χ3v) is 5.20. The van der Waals surface area contributed by atoms with Crippen LogP contribution in [0.2, 0.25) is 5.02 Å². The van der Waals surface area contributed by atoms with Gasteiger partial charge in [0, 0.05) is 17.2 Å². The minimum atomic E-state index is 0.0707. The van der Waals surface area contributed by atoms with Gasteiger partial charge in [-0.3, -0.25) is 0 Å². The predicted octanol–water partition coefficient (Wildman–Crippen LogP) is 4.77. The van der Waals surface area contributed by atoms with Gasteiger partial charge >= 0.3 is 0 Å². The van der Waals surface area contributed by atoms with Crippen LogP contribution in [0.15, 0.2) is 52.7 Å². The molecule has 0 saturated carbocycles. The molecule has 0 aliphatic rings. The number of halogens is 1. The van der Waals surface area contributed by atoms with Gasteiger partial charge in [0.15, 0.2) is 17.3 Å². The van der Waals surface area contributed by atoms with Gasteiger partial charge in [0.05, 0.1) is 13.3 Å². The maximum Gasteiger partial charge on any atom is 0.212 e. The lowest BCUT2D eigenvalue weighted by Gasteiger charge is -2.05. The first-order valence-electron chi connectivity index (χ1n) is 8.83. The fraction of sp³-hybridized carbons (Fsp3) is 0.250. The van der Waals surface area contributed by atoms with Crippen LogP contribution in [0.4, 0.5) is 0 Å². The normalized spacial score (nSPS) is 11.2. The Morgan fingerprint density at radius 2 is 2.00 bits per heavy atom. The number of aromatic nitrogens is 3. The molecule has 0 aliphatic heterocycles. The first-order valence-corrected chi connectivity index (χ1v) is 10.2. The van der Waals surface area contributed by atoms with Gasteiger partial charge in [-0.2, -0.15) is 9.78 Å². The monoisotopic (exact) mass is 416 g/mol. The van der Waals surface area contributed by atoms with Gasteiger partial charge in [-0.25, -0.2) is 0 Å². The first kappa shape index (κ1) is 20.2. The molecule has 0 radical (unpaired) electrons. The summed E-state index contributed by atoms with van der Waals surface area (Å²) in [6.45, 7) is 2.09. The maximum atomic E-state index is 9.94. The Morgan fingerprint density at radius 1 is 1.21 bits per heavy atom. The number of phenolic OH excluding ortho intramolecular Hbond substituents is 1. The molecule has 1 heterocycles. The summed E-state index contributed by atoms with van der Waals surface area (Å²) in [6.07, 6.45) is 3.40. The SMILES string of the molecule is CCCc1nnc(SCc2ccc(Cl)cc2)n1/N=C\c1ccc(OC)c(O)c1. The van der Waals surface area contributed by atoms with E-state index in [-0.39, 0.29) is 5.75 Å². The molecule has 28 heavy (non-hydrogen) atoms. The van der Waals surface area contributed by atoms with Crippen LogP contribution < -0.4 is 4.74 Å². The molecule has 8 heteroatoms.